The summed E-state index contributed by atoms with van der Waals surface area (Å²) in [6, 6.07) is 4.67. The van der Waals surface area contributed by atoms with Crippen molar-refractivity contribution in [2.45, 2.75) is 26.3 Å². The summed E-state index contributed by atoms with van der Waals surface area (Å²) in [5.74, 6) is -0.273. The summed E-state index contributed by atoms with van der Waals surface area (Å²) in [5, 5.41) is 8.72. The van der Waals surface area contributed by atoms with Gasteiger partial charge in [0.2, 0.25) is 5.91 Å². The summed E-state index contributed by atoms with van der Waals surface area (Å²) >= 11 is 0. The van der Waals surface area contributed by atoms with Crippen LogP contribution in [0.1, 0.15) is 25.3 Å². The fourth-order valence-corrected chi connectivity index (χ4v) is 1.79. The Balaban J connectivity index is 2.70. The Bertz CT molecular complexity index is 423. The van der Waals surface area contributed by atoms with Crippen LogP contribution in [0.2, 0.25) is 0 Å². The molecule has 0 saturated carbocycles. The third-order valence-electron chi connectivity index (χ3n) is 2.87. The standard InChI is InChI=1S/C14H20FNO3/c1-3-16(14(18)5-4-8-17)10-11-6-7-13(19-2)12(15)9-11/h6-7,9,17H,3-5,8,10H2,1-2H3. The molecule has 0 fully saturated rings. The molecule has 0 bridgehead atoms. The summed E-state index contributed by atoms with van der Waals surface area (Å²) < 4.78 is 18.4. The summed E-state index contributed by atoms with van der Waals surface area (Å²) in [5.41, 5.74) is 0.720. The van der Waals surface area contributed by atoms with Crippen LogP contribution in [-0.4, -0.2) is 36.2 Å². The topological polar surface area (TPSA) is 49.8 Å². The van der Waals surface area contributed by atoms with Crippen LogP contribution in [-0.2, 0) is 11.3 Å². The van der Waals surface area contributed by atoms with Crippen molar-refractivity contribution >= 4 is 5.91 Å². The number of methoxy groups -OCH3 is 1. The molecule has 4 nitrogen and oxygen atoms in total. The third-order valence-corrected chi connectivity index (χ3v) is 2.87. The van der Waals surface area contributed by atoms with E-state index in [-0.39, 0.29) is 18.3 Å². The van der Waals surface area contributed by atoms with Gasteiger partial charge in [-0.3, -0.25) is 4.79 Å². The van der Waals surface area contributed by atoms with E-state index >= 15 is 0 Å². The van der Waals surface area contributed by atoms with E-state index in [0.717, 1.165) is 5.56 Å². The van der Waals surface area contributed by atoms with Gasteiger partial charge in [0.25, 0.3) is 0 Å². The molecular formula is C14H20FNO3. The van der Waals surface area contributed by atoms with Crippen molar-refractivity contribution in [2.75, 3.05) is 20.3 Å². The molecule has 0 unspecified atom stereocenters. The number of benzene rings is 1. The first-order valence-corrected chi connectivity index (χ1v) is 6.33. The van der Waals surface area contributed by atoms with E-state index in [9.17, 15) is 9.18 Å². The molecule has 0 aliphatic rings. The molecule has 0 atom stereocenters. The van der Waals surface area contributed by atoms with Gasteiger partial charge in [-0.1, -0.05) is 6.07 Å². The minimum atomic E-state index is -0.432. The van der Waals surface area contributed by atoms with Crippen LogP contribution in [0.15, 0.2) is 18.2 Å². The fraction of sp³-hybridized carbons (Fsp3) is 0.500. The molecule has 19 heavy (non-hydrogen) atoms. The zero-order valence-corrected chi connectivity index (χ0v) is 11.4. The molecule has 0 aromatic heterocycles. The van der Waals surface area contributed by atoms with Gasteiger partial charge in [-0.05, 0) is 31.0 Å². The number of ether oxygens (including phenoxy) is 1. The number of hydrogen-bond acceptors (Lipinski definition) is 3. The summed E-state index contributed by atoms with van der Waals surface area (Å²) in [7, 11) is 1.41. The minimum Gasteiger partial charge on any atom is -0.494 e. The third kappa shape index (κ3) is 4.52. The van der Waals surface area contributed by atoms with Crippen molar-refractivity contribution in [1.82, 2.24) is 4.90 Å². The van der Waals surface area contributed by atoms with Crippen molar-refractivity contribution in [1.29, 1.82) is 0 Å². The van der Waals surface area contributed by atoms with Crippen LogP contribution in [0.25, 0.3) is 0 Å². The Hall–Kier alpha value is -1.62. The normalized spacial score (nSPS) is 10.3. The van der Waals surface area contributed by atoms with E-state index in [1.54, 1.807) is 17.0 Å². The molecule has 0 aliphatic heterocycles. The average Bonchev–Trinajstić information content (AvgIpc) is 2.42. The fourth-order valence-electron chi connectivity index (χ4n) is 1.79. The summed E-state index contributed by atoms with van der Waals surface area (Å²) in [4.78, 5) is 13.5. The van der Waals surface area contributed by atoms with Crippen LogP contribution >= 0.6 is 0 Å². The van der Waals surface area contributed by atoms with Gasteiger partial charge in [0.1, 0.15) is 0 Å². The predicted octanol–water partition coefficient (Wildman–Crippen LogP) is 1.96. The van der Waals surface area contributed by atoms with Crippen molar-refractivity contribution in [3.05, 3.63) is 29.6 Å². The first kappa shape index (κ1) is 15.4. The number of hydrogen-bond donors (Lipinski definition) is 1. The van der Waals surface area contributed by atoms with E-state index in [0.29, 0.717) is 25.9 Å². The van der Waals surface area contributed by atoms with Crippen molar-refractivity contribution < 1.29 is 19.0 Å². The number of rotatable bonds is 7. The lowest BCUT2D eigenvalue weighted by molar-refractivity contribution is -0.131. The van der Waals surface area contributed by atoms with Crippen molar-refractivity contribution in [3.8, 4) is 5.75 Å². The Morgan fingerprint density at radius 1 is 1.47 bits per heavy atom. The second kappa shape index (κ2) is 7.74. The molecule has 0 saturated heterocycles. The number of nitrogens with zero attached hydrogens (tertiary/aromatic N) is 1. The van der Waals surface area contributed by atoms with E-state index < -0.39 is 5.82 Å². The maximum Gasteiger partial charge on any atom is 0.222 e. The Morgan fingerprint density at radius 2 is 2.21 bits per heavy atom. The lowest BCUT2D eigenvalue weighted by Gasteiger charge is -2.21. The molecule has 0 spiro atoms. The first-order chi connectivity index (χ1) is 9.12. The summed E-state index contributed by atoms with van der Waals surface area (Å²) in [6.07, 6.45) is 0.759. The highest BCUT2D eigenvalue weighted by atomic mass is 19.1. The number of carbonyl (C=O) groups excluding carboxylic acids is 1. The van der Waals surface area contributed by atoms with Crippen molar-refractivity contribution in [2.24, 2.45) is 0 Å². The zero-order chi connectivity index (χ0) is 14.3. The van der Waals surface area contributed by atoms with E-state index in [2.05, 4.69) is 0 Å². The quantitative estimate of drug-likeness (QED) is 0.823. The maximum atomic E-state index is 13.5. The first-order valence-electron chi connectivity index (χ1n) is 6.33. The highest BCUT2D eigenvalue weighted by Gasteiger charge is 2.12. The van der Waals surface area contributed by atoms with Gasteiger partial charge < -0.3 is 14.7 Å². The number of carbonyl (C=O) groups is 1. The van der Waals surface area contributed by atoms with Crippen LogP contribution in [0.4, 0.5) is 4.39 Å². The Labute approximate surface area is 112 Å². The second-order valence-electron chi connectivity index (χ2n) is 4.20. The highest BCUT2D eigenvalue weighted by molar-refractivity contribution is 5.76. The number of amides is 1. The maximum absolute atomic E-state index is 13.5. The predicted molar refractivity (Wildman–Crippen MR) is 70.4 cm³/mol. The minimum absolute atomic E-state index is 0.000455. The molecule has 0 radical (unpaired) electrons. The number of aliphatic hydroxyl groups is 1. The molecule has 5 heteroatoms. The van der Waals surface area contributed by atoms with Gasteiger partial charge in [0.05, 0.1) is 7.11 Å². The molecule has 1 rings (SSSR count). The Kier molecular flexibility index (Phi) is 6.29. The van der Waals surface area contributed by atoms with E-state index in [1.807, 2.05) is 6.92 Å². The Morgan fingerprint density at radius 3 is 2.74 bits per heavy atom. The number of halogens is 1. The lowest BCUT2D eigenvalue weighted by atomic mass is 10.2. The largest absolute Gasteiger partial charge is 0.494 e. The average molecular weight is 269 g/mol. The van der Waals surface area contributed by atoms with Crippen molar-refractivity contribution in [3.63, 3.8) is 0 Å². The lowest BCUT2D eigenvalue weighted by Crippen LogP contribution is -2.30. The van der Waals surface area contributed by atoms with Gasteiger partial charge in [0, 0.05) is 26.1 Å². The molecular weight excluding hydrogens is 249 g/mol. The van der Waals surface area contributed by atoms with Gasteiger partial charge in [-0.15, -0.1) is 0 Å². The highest BCUT2D eigenvalue weighted by Crippen LogP contribution is 2.18. The van der Waals surface area contributed by atoms with E-state index in [1.165, 1.54) is 13.2 Å². The summed E-state index contributed by atoms with van der Waals surface area (Å²) in [6.45, 7) is 2.79. The van der Waals surface area contributed by atoms with Crippen LogP contribution < -0.4 is 4.74 Å². The van der Waals surface area contributed by atoms with Crippen LogP contribution in [0.5, 0.6) is 5.75 Å². The van der Waals surface area contributed by atoms with Gasteiger partial charge in [0.15, 0.2) is 11.6 Å². The van der Waals surface area contributed by atoms with Crippen LogP contribution in [0, 0.1) is 5.82 Å². The smallest absolute Gasteiger partial charge is 0.222 e. The number of aliphatic hydroxyl groups excluding tert-OH is 1. The molecule has 1 aromatic carbocycles. The monoisotopic (exact) mass is 269 g/mol. The van der Waals surface area contributed by atoms with E-state index in [4.69, 9.17) is 9.84 Å². The van der Waals surface area contributed by atoms with Crippen LogP contribution in [0.3, 0.4) is 0 Å². The van der Waals surface area contributed by atoms with Gasteiger partial charge in [-0.2, -0.15) is 0 Å². The zero-order valence-electron chi connectivity index (χ0n) is 11.4. The SMILES string of the molecule is CCN(Cc1ccc(OC)c(F)c1)C(=O)CCCO. The molecule has 1 N–H and O–H groups in total. The molecule has 1 amide bonds. The molecule has 1 aromatic rings. The second-order valence-corrected chi connectivity index (χ2v) is 4.20. The van der Waals surface area contributed by atoms with Gasteiger partial charge in [-0.25, -0.2) is 4.39 Å². The molecule has 0 aliphatic carbocycles. The molecule has 0 heterocycles. The van der Waals surface area contributed by atoms with Gasteiger partial charge >= 0.3 is 0 Å². The molecule has 106 valence electrons.